The van der Waals surface area contributed by atoms with Crippen LogP contribution in [-0.4, -0.2) is 15.8 Å². The van der Waals surface area contributed by atoms with Crippen LogP contribution in [0.4, 0.5) is 0 Å². The number of aromatic amines is 2. The van der Waals surface area contributed by atoms with Crippen molar-refractivity contribution in [3.05, 3.63) is 33.2 Å². The molecule has 0 radical (unpaired) electrons. The van der Waals surface area contributed by atoms with E-state index in [2.05, 4.69) is 9.97 Å². The number of fused-ring (bicyclic) bond motifs is 1. The maximum atomic E-state index is 11.1. The molecular weight excluding hydrogens is 204 g/mol. The van der Waals surface area contributed by atoms with E-state index in [1.807, 2.05) is 0 Å². The van der Waals surface area contributed by atoms with Crippen molar-refractivity contribution in [3.63, 3.8) is 0 Å². The normalized spacial score (nSPS) is 10.7. The number of halogens is 1. The number of hydrogen-bond acceptors (Lipinski definition) is 2. The molecule has 2 N–H and O–H groups in total. The van der Waals surface area contributed by atoms with Crippen LogP contribution in [0.5, 0.6) is 0 Å². The second kappa shape index (κ2) is 2.99. The first-order valence-corrected chi connectivity index (χ1v) is 4.38. The predicted octanol–water partition coefficient (Wildman–Crippen LogP) is 1.71. The Bertz CT molecular complexity index is 568. The summed E-state index contributed by atoms with van der Waals surface area (Å²) in [5, 5.41) is 0.367. The van der Waals surface area contributed by atoms with Gasteiger partial charge in [0.05, 0.1) is 16.1 Å². The van der Waals surface area contributed by atoms with Gasteiger partial charge in [-0.15, -0.1) is 0 Å². The molecule has 0 bridgehead atoms. The number of H-pyrrole nitrogens is 2. The number of benzene rings is 1. The molecule has 4 nitrogen and oxygen atoms in total. The predicted molar refractivity (Wildman–Crippen MR) is 53.9 cm³/mol. The van der Waals surface area contributed by atoms with Gasteiger partial charge in [0.25, 0.3) is 0 Å². The Hall–Kier alpha value is -1.55. The highest BCUT2D eigenvalue weighted by Gasteiger charge is 2.07. The third-order valence-corrected chi connectivity index (χ3v) is 2.28. The zero-order valence-corrected chi connectivity index (χ0v) is 8.11. The van der Waals surface area contributed by atoms with Crippen LogP contribution in [0.25, 0.3) is 11.0 Å². The van der Waals surface area contributed by atoms with Gasteiger partial charge in [-0.1, -0.05) is 11.6 Å². The number of rotatable bonds is 1. The topological polar surface area (TPSA) is 65.7 Å². The van der Waals surface area contributed by atoms with E-state index in [1.54, 1.807) is 6.07 Å². The maximum absolute atomic E-state index is 11.1. The van der Waals surface area contributed by atoms with E-state index in [1.165, 1.54) is 13.0 Å². The van der Waals surface area contributed by atoms with Crippen molar-refractivity contribution in [2.24, 2.45) is 0 Å². The summed E-state index contributed by atoms with van der Waals surface area (Å²) in [5.41, 5.74) is 1.23. The van der Waals surface area contributed by atoms with E-state index in [0.717, 1.165) is 0 Å². The van der Waals surface area contributed by atoms with E-state index >= 15 is 0 Å². The molecule has 72 valence electrons. The van der Waals surface area contributed by atoms with E-state index in [-0.39, 0.29) is 11.5 Å². The van der Waals surface area contributed by atoms with Crippen LogP contribution in [0.2, 0.25) is 5.02 Å². The molecule has 1 aromatic carbocycles. The molecule has 2 rings (SSSR count). The summed E-state index contributed by atoms with van der Waals surface area (Å²) in [4.78, 5) is 27.1. The molecule has 0 aliphatic carbocycles. The molecular formula is C9H7ClN2O2. The minimum Gasteiger partial charge on any atom is -0.306 e. The van der Waals surface area contributed by atoms with Crippen molar-refractivity contribution in [2.75, 3.05) is 0 Å². The van der Waals surface area contributed by atoms with Gasteiger partial charge in [0.1, 0.15) is 0 Å². The van der Waals surface area contributed by atoms with E-state index in [0.29, 0.717) is 21.6 Å². The molecule has 2 aromatic rings. The van der Waals surface area contributed by atoms with Gasteiger partial charge >= 0.3 is 5.69 Å². The Morgan fingerprint density at radius 2 is 2.07 bits per heavy atom. The average molecular weight is 211 g/mol. The first-order valence-electron chi connectivity index (χ1n) is 4.00. The van der Waals surface area contributed by atoms with Crippen molar-refractivity contribution >= 4 is 28.4 Å². The van der Waals surface area contributed by atoms with Crippen LogP contribution in [0.3, 0.4) is 0 Å². The van der Waals surface area contributed by atoms with Gasteiger partial charge in [0, 0.05) is 5.56 Å². The lowest BCUT2D eigenvalue weighted by Gasteiger charge is -1.97. The lowest BCUT2D eigenvalue weighted by atomic mass is 10.1. The summed E-state index contributed by atoms with van der Waals surface area (Å²) < 4.78 is 0. The molecule has 0 amide bonds. The highest BCUT2D eigenvalue weighted by Crippen LogP contribution is 2.21. The molecule has 1 aromatic heterocycles. The fourth-order valence-electron chi connectivity index (χ4n) is 1.30. The Morgan fingerprint density at radius 3 is 2.71 bits per heavy atom. The van der Waals surface area contributed by atoms with Crippen LogP contribution >= 0.6 is 11.6 Å². The third kappa shape index (κ3) is 1.33. The van der Waals surface area contributed by atoms with Gasteiger partial charge in [-0.2, -0.15) is 0 Å². The molecule has 0 spiro atoms. The van der Waals surface area contributed by atoms with Gasteiger partial charge in [-0.25, -0.2) is 4.79 Å². The lowest BCUT2D eigenvalue weighted by Crippen LogP contribution is -1.99. The van der Waals surface area contributed by atoms with E-state index in [4.69, 9.17) is 11.6 Å². The number of ketones is 1. The molecule has 0 aliphatic heterocycles. The standard InChI is InChI=1S/C9H7ClN2O2/c1-4(13)5-2-6(10)8-7(3-5)11-9(14)12-8/h2-3H,1H3,(H2,11,12,14). The quantitative estimate of drug-likeness (QED) is 0.704. The summed E-state index contributed by atoms with van der Waals surface area (Å²) in [6.07, 6.45) is 0. The SMILES string of the molecule is CC(=O)c1cc(Cl)c2[nH]c(=O)[nH]c2c1. The monoisotopic (exact) mass is 210 g/mol. The van der Waals surface area contributed by atoms with Gasteiger partial charge in [-0.05, 0) is 19.1 Å². The number of carbonyl (C=O) groups excluding carboxylic acids is 1. The van der Waals surface area contributed by atoms with Crippen molar-refractivity contribution in [1.29, 1.82) is 0 Å². The fourth-order valence-corrected chi connectivity index (χ4v) is 1.57. The molecule has 14 heavy (non-hydrogen) atoms. The smallest absolute Gasteiger partial charge is 0.306 e. The van der Waals surface area contributed by atoms with Crippen molar-refractivity contribution < 1.29 is 4.79 Å². The zero-order valence-electron chi connectivity index (χ0n) is 7.35. The molecule has 0 aliphatic rings. The van der Waals surface area contributed by atoms with Gasteiger partial charge in [-0.3, -0.25) is 4.79 Å². The summed E-state index contributed by atoms with van der Waals surface area (Å²) in [6, 6.07) is 3.14. The molecule has 0 fully saturated rings. The minimum atomic E-state index is -0.331. The van der Waals surface area contributed by atoms with Crippen molar-refractivity contribution in [3.8, 4) is 0 Å². The fraction of sp³-hybridized carbons (Fsp3) is 0.111. The molecule has 5 heteroatoms. The Morgan fingerprint density at radius 1 is 1.36 bits per heavy atom. The van der Waals surface area contributed by atoms with Crippen LogP contribution < -0.4 is 5.69 Å². The Labute approximate surface area is 83.9 Å². The van der Waals surface area contributed by atoms with Crippen molar-refractivity contribution in [2.45, 2.75) is 6.92 Å². The lowest BCUT2D eigenvalue weighted by molar-refractivity contribution is 0.101. The number of Topliss-reactive ketones (excluding diaryl/α,β-unsaturated/α-hetero) is 1. The molecule has 0 saturated heterocycles. The molecule has 0 unspecified atom stereocenters. The molecule has 0 atom stereocenters. The molecule has 1 heterocycles. The highest BCUT2D eigenvalue weighted by molar-refractivity contribution is 6.35. The number of aromatic nitrogens is 2. The first-order chi connectivity index (χ1) is 6.58. The second-order valence-electron chi connectivity index (χ2n) is 3.02. The van der Waals surface area contributed by atoms with Crippen LogP contribution in [0, 0.1) is 0 Å². The summed E-state index contributed by atoms with van der Waals surface area (Å²) >= 11 is 5.88. The number of imidazole rings is 1. The highest BCUT2D eigenvalue weighted by atomic mass is 35.5. The van der Waals surface area contributed by atoms with E-state index in [9.17, 15) is 9.59 Å². The summed E-state index contributed by atoms with van der Waals surface area (Å²) in [7, 11) is 0. The maximum Gasteiger partial charge on any atom is 0.323 e. The number of hydrogen-bond donors (Lipinski definition) is 2. The van der Waals surface area contributed by atoms with Gasteiger partial charge in [0.15, 0.2) is 5.78 Å². The average Bonchev–Trinajstić information content (AvgIpc) is 2.45. The van der Waals surface area contributed by atoms with Crippen LogP contribution in [0.1, 0.15) is 17.3 Å². The zero-order chi connectivity index (χ0) is 10.3. The second-order valence-corrected chi connectivity index (χ2v) is 3.42. The first kappa shape index (κ1) is 9.02. The van der Waals surface area contributed by atoms with Crippen molar-refractivity contribution in [1.82, 2.24) is 9.97 Å². The minimum absolute atomic E-state index is 0.0872. The largest absolute Gasteiger partial charge is 0.323 e. The van der Waals surface area contributed by atoms with E-state index < -0.39 is 0 Å². The molecule has 0 saturated carbocycles. The van der Waals surface area contributed by atoms with Gasteiger partial charge < -0.3 is 9.97 Å². The Kier molecular flexibility index (Phi) is 1.93. The Balaban J connectivity index is 2.84. The number of nitrogens with one attached hydrogen (secondary N) is 2. The summed E-state index contributed by atoms with van der Waals surface area (Å²) in [5.74, 6) is -0.0872. The summed E-state index contributed by atoms with van der Waals surface area (Å²) in [6.45, 7) is 1.45. The number of carbonyl (C=O) groups is 1. The van der Waals surface area contributed by atoms with Crippen LogP contribution in [-0.2, 0) is 0 Å². The van der Waals surface area contributed by atoms with Crippen LogP contribution in [0.15, 0.2) is 16.9 Å². The third-order valence-electron chi connectivity index (χ3n) is 1.98. The van der Waals surface area contributed by atoms with Gasteiger partial charge in [0.2, 0.25) is 0 Å².